The van der Waals surface area contributed by atoms with Gasteiger partial charge in [0.25, 0.3) is 0 Å². The van der Waals surface area contributed by atoms with Crippen molar-refractivity contribution in [2.24, 2.45) is 5.92 Å². The number of hydrogen-bond donors (Lipinski definition) is 2. The van der Waals surface area contributed by atoms with Gasteiger partial charge in [-0.25, -0.2) is 0 Å². The van der Waals surface area contributed by atoms with Gasteiger partial charge in [0.05, 0.1) is 5.92 Å². The first-order valence-corrected chi connectivity index (χ1v) is 9.81. The maximum absolute atomic E-state index is 12.9. The molecule has 1 aromatic carbocycles. The summed E-state index contributed by atoms with van der Waals surface area (Å²) in [5, 5.41) is 0. The smallest absolute Gasteiger partial charge is 0.228 e. The van der Waals surface area contributed by atoms with E-state index in [0.29, 0.717) is 5.91 Å². The molecule has 138 valence electrons. The third-order valence-corrected chi connectivity index (χ3v) is 5.53. The molecule has 2 atom stereocenters. The Hall–Kier alpha value is -1.43. The van der Waals surface area contributed by atoms with Crippen molar-refractivity contribution in [1.29, 1.82) is 0 Å². The average molecular weight is 345 g/mol. The third-order valence-electron chi connectivity index (χ3n) is 5.53. The van der Waals surface area contributed by atoms with Crippen molar-refractivity contribution in [3.05, 3.63) is 35.9 Å². The number of carbonyl (C=O) groups excluding carboxylic acids is 1. The highest BCUT2D eigenvalue weighted by Gasteiger charge is 2.34. The summed E-state index contributed by atoms with van der Waals surface area (Å²) in [4.78, 5) is 17.5. The molecule has 2 heterocycles. The van der Waals surface area contributed by atoms with E-state index in [2.05, 4.69) is 57.9 Å². The van der Waals surface area contributed by atoms with Crippen LogP contribution in [0, 0.1) is 5.92 Å². The fourth-order valence-corrected chi connectivity index (χ4v) is 3.99. The molecule has 1 amide bonds. The maximum atomic E-state index is 12.9. The fraction of sp³-hybridized carbons (Fsp3) is 0.650. The molecule has 1 aromatic rings. The minimum atomic E-state index is 0.0923. The summed E-state index contributed by atoms with van der Waals surface area (Å²) in [5.41, 5.74) is 7.81. The summed E-state index contributed by atoms with van der Waals surface area (Å²) in [5.74, 6) is 0.421. The molecule has 0 bridgehead atoms. The lowest BCUT2D eigenvalue weighted by molar-refractivity contribution is -0.135. The first-order valence-electron chi connectivity index (χ1n) is 9.81. The predicted octanol–water partition coefficient (Wildman–Crippen LogP) is 1.66. The van der Waals surface area contributed by atoms with Gasteiger partial charge >= 0.3 is 0 Å². The molecule has 2 aliphatic heterocycles. The van der Waals surface area contributed by atoms with Crippen molar-refractivity contribution in [1.82, 2.24) is 20.7 Å². The van der Waals surface area contributed by atoms with E-state index in [4.69, 9.17) is 0 Å². The zero-order chi connectivity index (χ0) is 17.5. The molecule has 25 heavy (non-hydrogen) atoms. The Morgan fingerprint density at radius 3 is 2.80 bits per heavy atom. The Bertz CT molecular complexity index is 536. The molecule has 2 aliphatic rings. The molecular formula is C20H32N4O. The summed E-state index contributed by atoms with van der Waals surface area (Å²) in [7, 11) is 0. The van der Waals surface area contributed by atoms with Crippen molar-refractivity contribution in [2.45, 2.75) is 38.6 Å². The Morgan fingerprint density at radius 2 is 2.00 bits per heavy atom. The molecule has 5 nitrogen and oxygen atoms in total. The molecule has 2 unspecified atom stereocenters. The largest absolute Gasteiger partial charge is 0.341 e. The van der Waals surface area contributed by atoms with Crippen LogP contribution < -0.4 is 10.9 Å². The molecule has 0 aliphatic carbocycles. The van der Waals surface area contributed by atoms with Crippen LogP contribution in [-0.2, 0) is 11.2 Å². The number of carbonyl (C=O) groups is 1. The third kappa shape index (κ3) is 5.03. The molecule has 3 rings (SSSR count). The average Bonchev–Trinajstić information content (AvgIpc) is 3.01. The molecule has 2 N–H and O–H groups in total. The van der Waals surface area contributed by atoms with E-state index in [1.165, 1.54) is 12.0 Å². The van der Waals surface area contributed by atoms with Gasteiger partial charge in [-0.2, -0.15) is 0 Å². The predicted molar refractivity (Wildman–Crippen MR) is 101 cm³/mol. The number of nitrogens with one attached hydrogen (secondary N) is 2. The highest BCUT2D eigenvalue weighted by atomic mass is 16.2. The lowest BCUT2D eigenvalue weighted by atomic mass is 9.98. The van der Waals surface area contributed by atoms with Crippen molar-refractivity contribution in [3.8, 4) is 0 Å². The minimum absolute atomic E-state index is 0.0923. The van der Waals surface area contributed by atoms with Crippen LogP contribution in [0.1, 0.15) is 31.7 Å². The van der Waals surface area contributed by atoms with Crippen molar-refractivity contribution in [2.75, 3.05) is 39.3 Å². The number of rotatable bonds is 6. The lowest BCUT2D eigenvalue weighted by Crippen LogP contribution is -2.43. The van der Waals surface area contributed by atoms with Gasteiger partial charge in [0.2, 0.25) is 5.91 Å². The number of nitrogens with zero attached hydrogens (tertiary/aromatic N) is 2. The monoisotopic (exact) mass is 344 g/mol. The Morgan fingerprint density at radius 1 is 1.16 bits per heavy atom. The summed E-state index contributed by atoms with van der Waals surface area (Å²) < 4.78 is 0. The van der Waals surface area contributed by atoms with Crippen molar-refractivity contribution in [3.63, 3.8) is 0 Å². The molecule has 5 heteroatoms. The summed E-state index contributed by atoms with van der Waals surface area (Å²) in [6.45, 7) is 7.91. The van der Waals surface area contributed by atoms with Crippen LogP contribution in [-0.4, -0.2) is 61.0 Å². The van der Waals surface area contributed by atoms with E-state index in [9.17, 15) is 4.79 Å². The standard InChI is InChI=1S/C20H32N4O/c1-2-19-18(16-21-22-19)20(25)24-13-7-12-23(14-15-24)11-6-10-17-8-4-3-5-9-17/h3-5,8-9,18-19,21-22H,2,6-7,10-16H2,1H3. The summed E-state index contributed by atoms with van der Waals surface area (Å²) in [6.07, 6.45) is 4.40. The van der Waals surface area contributed by atoms with E-state index in [1.54, 1.807) is 0 Å². The molecule has 0 saturated carbocycles. The number of hydrogen-bond acceptors (Lipinski definition) is 4. The number of aryl methyl sites for hydroxylation is 1. The van der Waals surface area contributed by atoms with Gasteiger partial charge in [0.1, 0.15) is 0 Å². The van der Waals surface area contributed by atoms with Gasteiger partial charge in [-0.05, 0) is 44.3 Å². The molecule has 0 radical (unpaired) electrons. The van der Waals surface area contributed by atoms with Crippen LogP contribution in [0.15, 0.2) is 30.3 Å². The Balaban J connectivity index is 1.43. The lowest BCUT2D eigenvalue weighted by Gasteiger charge is -2.26. The quantitative estimate of drug-likeness (QED) is 0.824. The van der Waals surface area contributed by atoms with Gasteiger partial charge in [-0.3, -0.25) is 15.6 Å². The second-order valence-electron chi connectivity index (χ2n) is 7.26. The van der Waals surface area contributed by atoms with Crippen LogP contribution in [0.3, 0.4) is 0 Å². The van der Waals surface area contributed by atoms with Gasteiger partial charge in [0.15, 0.2) is 0 Å². The second-order valence-corrected chi connectivity index (χ2v) is 7.26. The number of amides is 1. The normalized spacial score (nSPS) is 25.1. The van der Waals surface area contributed by atoms with Gasteiger partial charge in [-0.1, -0.05) is 37.3 Å². The van der Waals surface area contributed by atoms with Gasteiger partial charge in [0, 0.05) is 32.2 Å². The molecule has 2 saturated heterocycles. The van der Waals surface area contributed by atoms with E-state index < -0.39 is 0 Å². The highest BCUT2D eigenvalue weighted by Crippen LogP contribution is 2.16. The highest BCUT2D eigenvalue weighted by molar-refractivity contribution is 5.80. The van der Waals surface area contributed by atoms with E-state index >= 15 is 0 Å². The maximum Gasteiger partial charge on any atom is 0.228 e. The zero-order valence-electron chi connectivity index (χ0n) is 15.4. The number of benzene rings is 1. The summed E-state index contributed by atoms with van der Waals surface area (Å²) >= 11 is 0. The van der Waals surface area contributed by atoms with Crippen LogP contribution in [0.2, 0.25) is 0 Å². The van der Waals surface area contributed by atoms with Crippen molar-refractivity contribution < 1.29 is 4.79 Å². The first kappa shape index (κ1) is 18.4. The SMILES string of the molecule is CCC1NNCC1C(=O)N1CCCN(CCCc2ccccc2)CC1. The number of hydrazine groups is 1. The molecule has 2 fully saturated rings. The van der Waals surface area contributed by atoms with E-state index in [-0.39, 0.29) is 12.0 Å². The topological polar surface area (TPSA) is 47.6 Å². The van der Waals surface area contributed by atoms with Gasteiger partial charge < -0.3 is 9.80 Å². The molecule has 0 aromatic heterocycles. The summed E-state index contributed by atoms with van der Waals surface area (Å²) in [6, 6.07) is 11.0. The second kappa shape index (κ2) is 9.32. The molecular weight excluding hydrogens is 312 g/mol. The van der Waals surface area contributed by atoms with E-state index in [0.717, 1.165) is 58.5 Å². The van der Waals surface area contributed by atoms with Crippen LogP contribution in [0.25, 0.3) is 0 Å². The minimum Gasteiger partial charge on any atom is -0.341 e. The Kier molecular flexibility index (Phi) is 6.84. The zero-order valence-corrected chi connectivity index (χ0v) is 15.4. The van der Waals surface area contributed by atoms with Crippen LogP contribution in [0.5, 0.6) is 0 Å². The Labute approximate surface area is 151 Å². The van der Waals surface area contributed by atoms with Crippen LogP contribution in [0.4, 0.5) is 0 Å². The fourth-order valence-electron chi connectivity index (χ4n) is 3.99. The molecule has 0 spiro atoms. The van der Waals surface area contributed by atoms with E-state index in [1.807, 2.05) is 0 Å². The first-order chi connectivity index (χ1) is 12.3. The van der Waals surface area contributed by atoms with Gasteiger partial charge in [-0.15, -0.1) is 0 Å². The van der Waals surface area contributed by atoms with Crippen molar-refractivity contribution >= 4 is 5.91 Å². The van der Waals surface area contributed by atoms with Crippen LogP contribution >= 0.6 is 0 Å².